The van der Waals surface area contributed by atoms with E-state index >= 15 is 0 Å². The molecule has 4 aromatic rings. The van der Waals surface area contributed by atoms with Crippen molar-refractivity contribution in [1.29, 1.82) is 0 Å². The number of benzene rings is 3. The van der Waals surface area contributed by atoms with E-state index in [-0.39, 0.29) is 12.0 Å². The lowest BCUT2D eigenvalue weighted by atomic mass is 9.86. The van der Waals surface area contributed by atoms with E-state index in [2.05, 4.69) is 84.7 Å². The van der Waals surface area contributed by atoms with E-state index in [9.17, 15) is 0 Å². The van der Waals surface area contributed by atoms with Crippen LogP contribution in [-0.2, 0) is 6.42 Å². The zero-order valence-electron chi connectivity index (χ0n) is 20.1. The van der Waals surface area contributed by atoms with E-state index in [4.69, 9.17) is 9.47 Å². The number of hydrogen-bond acceptors (Lipinski definition) is 3. The molecule has 0 aliphatic heterocycles. The zero-order valence-corrected chi connectivity index (χ0v) is 20.1. The Morgan fingerprint density at radius 2 is 1.47 bits per heavy atom. The predicted molar refractivity (Wildman–Crippen MR) is 139 cm³/mol. The summed E-state index contributed by atoms with van der Waals surface area (Å²) >= 11 is 0. The molecular weight excluding hydrogens is 418 g/mol. The maximum Gasteiger partial charge on any atom is 0.164 e. The molecule has 174 valence electrons. The lowest BCUT2D eigenvalue weighted by Gasteiger charge is -2.25. The molecule has 0 spiro atoms. The van der Waals surface area contributed by atoms with Crippen molar-refractivity contribution in [2.45, 2.75) is 44.6 Å². The molecule has 34 heavy (non-hydrogen) atoms. The molecule has 1 aromatic heterocycles. The quantitative estimate of drug-likeness (QED) is 0.233. The molecule has 3 nitrogen and oxygen atoms in total. The van der Waals surface area contributed by atoms with Gasteiger partial charge < -0.3 is 9.47 Å². The Hall–Kier alpha value is -3.59. The molecule has 0 bridgehead atoms. The second-order valence-corrected chi connectivity index (χ2v) is 8.53. The topological polar surface area (TPSA) is 31.4 Å². The van der Waals surface area contributed by atoms with E-state index in [0.717, 1.165) is 48.4 Å². The van der Waals surface area contributed by atoms with Crippen LogP contribution in [0.3, 0.4) is 0 Å². The molecule has 0 saturated carbocycles. The molecule has 2 unspecified atom stereocenters. The fraction of sp³-hybridized carbons (Fsp3) is 0.258. The third-order valence-corrected chi connectivity index (χ3v) is 6.19. The minimum atomic E-state index is -0.0173. The van der Waals surface area contributed by atoms with Crippen molar-refractivity contribution >= 4 is 0 Å². The van der Waals surface area contributed by atoms with E-state index < -0.39 is 0 Å². The average molecular weight is 452 g/mol. The van der Waals surface area contributed by atoms with Crippen molar-refractivity contribution in [2.75, 3.05) is 7.11 Å². The average Bonchev–Trinajstić information content (AvgIpc) is 2.91. The highest BCUT2D eigenvalue weighted by atomic mass is 16.5. The van der Waals surface area contributed by atoms with Crippen molar-refractivity contribution in [1.82, 2.24) is 4.98 Å². The first-order chi connectivity index (χ1) is 16.8. The van der Waals surface area contributed by atoms with Gasteiger partial charge in [-0.05, 0) is 42.2 Å². The van der Waals surface area contributed by atoms with Crippen molar-refractivity contribution in [3.8, 4) is 11.5 Å². The summed E-state index contributed by atoms with van der Waals surface area (Å²) in [4.78, 5) is 4.60. The highest BCUT2D eigenvalue weighted by molar-refractivity contribution is 5.51. The van der Waals surface area contributed by atoms with Crippen molar-refractivity contribution in [3.63, 3.8) is 0 Å². The second-order valence-electron chi connectivity index (χ2n) is 8.53. The van der Waals surface area contributed by atoms with Crippen molar-refractivity contribution in [3.05, 3.63) is 126 Å². The Kier molecular flexibility index (Phi) is 8.34. The van der Waals surface area contributed by atoms with Crippen LogP contribution in [0.2, 0.25) is 0 Å². The maximum atomic E-state index is 6.66. The Bertz CT molecular complexity index is 1130. The molecule has 4 rings (SSSR count). The fourth-order valence-electron chi connectivity index (χ4n) is 4.44. The lowest BCUT2D eigenvalue weighted by molar-refractivity contribution is 0.183. The number of unbranched alkanes of at least 4 members (excludes halogenated alkanes) is 1. The van der Waals surface area contributed by atoms with Gasteiger partial charge in [0.05, 0.1) is 7.11 Å². The summed E-state index contributed by atoms with van der Waals surface area (Å²) < 4.78 is 12.7. The van der Waals surface area contributed by atoms with Gasteiger partial charge in [0.1, 0.15) is 6.10 Å². The first kappa shape index (κ1) is 23.6. The zero-order chi connectivity index (χ0) is 23.6. The van der Waals surface area contributed by atoms with E-state index in [1.807, 2.05) is 30.5 Å². The summed E-state index contributed by atoms with van der Waals surface area (Å²) in [5.41, 5.74) is 4.58. The Morgan fingerprint density at radius 3 is 2.12 bits per heavy atom. The second kappa shape index (κ2) is 12.0. The third-order valence-electron chi connectivity index (χ3n) is 6.19. The van der Waals surface area contributed by atoms with Crippen molar-refractivity contribution < 1.29 is 9.47 Å². The number of para-hydroxylation sites is 1. The van der Waals surface area contributed by atoms with E-state index in [1.165, 1.54) is 11.1 Å². The van der Waals surface area contributed by atoms with Gasteiger partial charge in [0.2, 0.25) is 0 Å². The number of hydrogen-bond donors (Lipinski definition) is 0. The number of pyridine rings is 1. The number of nitrogens with zero attached hydrogens (tertiary/aromatic N) is 1. The number of rotatable bonds is 11. The van der Waals surface area contributed by atoms with Gasteiger partial charge in [0.25, 0.3) is 0 Å². The molecule has 0 saturated heterocycles. The summed E-state index contributed by atoms with van der Waals surface area (Å²) in [7, 11) is 1.73. The normalized spacial score (nSPS) is 12.6. The molecule has 0 N–H and O–H groups in total. The van der Waals surface area contributed by atoms with Crippen LogP contribution in [0.25, 0.3) is 0 Å². The highest BCUT2D eigenvalue weighted by Crippen LogP contribution is 2.42. The molecule has 1 heterocycles. The van der Waals surface area contributed by atoms with E-state index in [1.54, 1.807) is 7.11 Å². The molecule has 0 fully saturated rings. The maximum absolute atomic E-state index is 6.66. The minimum absolute atomic E-state index is 0.0173. The monoisotopic (exact) mass is 451 g/mol. The number of methoxy groups -OCH3 is 1. The van der Waals surface area contributed by atoms with Gasteiger partial charge in [0, 0.05) is 29.8 Å². The van der Waals surface area contributed by atoms with E-state index in [0.29, 0.717) is 0 Å². The minimum Gasteiger partial charge on any atom is -0.493 e. The molecule has 0 aliphatic carbocycles. The van der Waals surface area contributed by atoms with Crippen LogP contribution in [-0.4, -0.2) is 12.1 Å². The molecule has 0 radical (unpaired) electrons. The van der Waals surface area contributed by atoms with Gasteiger partial charge in [-0.15, -0.1) is 0 Å². The number of aromatic nitrogens is 1. The standard InChI is InChI=1S/C31H33NO2/c1-3-4-20-29(25-16-9-6-10-17-25)34-30-21-13-19-27(31(30)33-2)28(24-14-7-5-8-15-24)23-26-18-11-12-22-32-26/h5-19,21-22,28-29H,3-4,20,23H2,1-2H3. The summed E-state index contributed by atoms with van der Waals surface area (Å²) in [6.07, 6.45) is 5.81. The van der Waals surface area contributed by atoms with Gasteiger partial charge in [-0.1, -0.05) is 92.2 Å². The van der Waals surface area contributed by atoms with Gasteiger partial charge in [-0.3, -0.25) is 4.98 Å². The van der Waals surface area contributed by atoms with Crippen LogP contribution in [0, 0.1) is 0 Å². The lowest BCUT2D eigenvalue weighted by Crippen LogP contribution is -2.11. The van der Waals surface area contributed by atoms with Crippen LogP contribution in [0.4, 0.5) is 0 Å². The van der Waals surface area contributed by atoms with Crippen LogP contribution in [0.1, 0.15) is 60.6 Å². The van der Waals surface area contributed by atoms with Crippen LogP contribution < -0.4 is 9.47 Å². The first-order valence-corrected chi connectivity index (χ1v) is 12.1. The SMILES string of the molecule is CCCCC(Oc1cccc(C(Cc2ccccn2)c2ccccc2)c1OC)c1ccccc1. The number of ether oxygens (including phenoxy) is 2. The molecular formula is C31H33NO2. The molecule has 0 aliphatic rings. The summed E-state index contributed by atoms with van der Waals surface area (Å²) in [6.45, 7) is 2.21. The summed E-state index contributed by atoms with van der Waals surface area (Å²) in [6, 6.07) is 33.4. The largest absolute Gasteiger partial charge is 0.493 e. The van der Waals surface area contributed by atoms with Gasteiger partial charge >= 0.3 is 0 Å². The van der Waals surface area contributed by atoms with Crippen molar-refractivity contribution in [2.24, 2.45) is 0 Å². The smallest absolute Gasteiger partial charge is 0.164 e. The Morgan fingerprint density at radius 1 is 0.765 bits per heavy atom. The third kappa shape index (κ3) is 5.85. The first-order valence-electron chi connectivity index (χ1n) is 12.1. The highest BCUT2D eigenvalue weighted by Gasteiger charge is 2.24. The molecule has 3 heteroatoms. The molecule has 2 atom stereocenters. The predicted octanol–water partition coefficient (Wildman–Crippen LogP) is 7.78. The molecule has 0 amide bonds. The summed E-state index contributed by atoms with van der Waals surface area (Å²) in [5.74, 6) is 1.68. The Labute approximate surface area is 203 Å². The fourth-order valence-corrected chi connectivity index (χ4v) is 4.44. The van der Waals surface area contributed by atoms with Crippen LogP contribution in [0.5, 0.6) is 11.5 Å². The van der Waals surface area contributed by atoms with Gasteiger partial charge in [-0.25, -0.2) is 0 Å². The van der Waals surface area contributed by atoms with Gasteiger partial charge in [0.15, 0.2) is 11.5 Å². The van der Waals surface area contributed by atoms with Gasteiger partial charge in [-0.2, -0.15) is 0 Å². The van der Waals surface area contributed by atoms with Crippen LogP contribution in [0.15, 0.2) is 103 Å². The summed E-state index contributed by atoms with van der Waals surface area (Å²) in [5, 5.41) is 0. The Balaban J connectivity index is 1.72. The van der Waals surface area contributed by atoms with Crippen LogP contribution >= 0.6 is 0 Å². The molecule has 3 aromatic carbocycles.